The highest BCUT2D eigenvalue weighted by Gasteiger charge is 2.52. The van der Waals surface area contributed by atoms with Gasteiger partial charge in [0.05, 0.1) is 11.2 Å². The summed E-state index contributed by atoms with van der Waals surface area (Å²) in [6.45, 7) is 9.93. The van der Waals surface area contributed by atoms with Crippen LogP contribution >= 0.6 is 0 Å². The lowest BCUT2D eigenvalue weighted by molar-refractivity contribution is 0.00578. The molecule has 1 amide bonds. The SMILES string of the molecule is Cc1ccc(F)c(C=C(CNC(=O)OCc2ccccc2)B2OC(C)(C)C(C)(C)O2)c1. The molecule has 7 heteroatoms. The number of amides is 1. The van der Waals surface area contributed by atoms with Crippen LogP contribution in [0.2, 0.25) is 0 Å². The molecule has 0 spiro atoms. The van der Waals surface area contributed by atoms with E-state index in [4.69, 9.17) is 14.0 Å². The van der Waals surface area contributed by atoms with Crippen LogP contribution in [0.1, 0.15) is 44.4 Å². The van der Waals surface area contributed by atoms with Gasteiger partial charge in [-0.3, -0.25) is 0 Å². The fourth-order valence-electron chi connectivity index (χ4n) is 3.12. The number of hydrogen-bond donors (Lipinski definition) is 1. The first kappa shape index (κ1) is 23.0. The number of alkyl carbamates (subject to hydrolysis) is 1. The van der Waals surface area contributed by atoms with Crippen molar-refractivity contribution >= 4 is 19.3 Å². The van der Waals surface area contributed by atoms with Crippen molar-refractivity contribution in [1.29, 1.82) is 0 Å². The molecule has 5 nitrogen and oxygen atoms in total. The Balaban J connectivity index is 1.75. The van der Waals surface area contributed by atoms with Crippen molar-refractivity contribution in [3.8, 4) is 0 Å². The van der Waals surface area contributed by atoms with Crippen molar-refractivity contribution in [1.82, 2.24) is 5.32 Å². The van der Waals surface area contributed by atoms with Crippen LogP contribution in [0.15, 0.2) is 54.0 Å². The fraction of sp³-hybridized carbons (Fsp3) is 0.375. The molecule has 0 atom stereocenters. The monoisotopic (exact) mass is 425 g/mol. The molecule has 0 radical (unpaired) electrons. The van der Waals surface area contributed by atoms with Crippen molar-refractivity contribution in [3.63, 3.8) is 0 Å². The van der Waals surface area contributed by atoms with Gasteiger partial charge >= 0.3 is 13.2 Å². The lowest BCUT2D eigenvalue weighted by Crippen LogP contribution is -2.41. The normalized spacial score (nSPS) is 17.5. The van der Waals surface area contributed by atoms with Crippen LogP contribution in [0.25, 0.3) is 6.08 Å². The Kier molecular flexibility index (Phi) is 6.87. The zero-order valence-corrected chi connectivity index (χ0v) is 18.7. The molecule has 3 rings (SSSR count). The van der Waals surface area contributed by atoms with Gasteiger partial charge in [0, 0.05) is 12.1 Å². The van der Waals surface area contributed by atoms with Gasteiger partial charge in [-0.25, -0.2) is 9.18 Å². The maximum atomic E-state index is 14.4. The van der Waals surface area contributed by atoms with E-state index >= 15 is 0 Å². The zero-order chi connectivity index (χ0) is 22.6. The molecule has 1 aliphatic rings. The Morgan fingerprint density at radius 2 is 1.74 bits per heavy atom. The second kappa shape index (κ2) is 9.24. The molecule has 2 aromatic carbocycles. The van der Waals surface area contributed by atoms with Crippen LogP contribution in [0.5, 0.6) is 0 Å². The summed E-state index contributed by atoms with van der Waals surface area (Å²) >= 11 is 0. The smallest absolute Gasteiger partial charge is 0.445 e. The van der Waals surface area contributed by atoms with Crippen LogP contribution in [-0.2, 0) is 20.7 Å². The summed E-state index contributed by atoms with van der Waals surface area (Å²) < 4.78 is 31.9. The molecule has 1 fully saturated rings. The molecule has 1 N–H and O–H groups in total. The van der Waals surface area contributed by atoms with Gasteiger partial charge in [0.25, 0.3) is 0 Å². The van der Waals surface area contributed by atoms with E-state index in [2.05, 4.69) is 5.32 Å². The van der Waals surface area contributed by atoms with Crippen LogP contribution in [0.3, 0.4) is 0 Å². The first-order valence-corrected chi connectivity index (χ1v) is 10.3. The van der Waals surface area contributed by atoms with E-state index in [-0.39, 0.29) is 19.0 Å². The number of hydrogen-bond acceptors (Lipinski definition) is 4. The van der Waals surface area contributed by atoms with Crippen LogP contribution in [-0.4, -0.2) is 31.0 Å². The molecule has 0 saturated carbocycles. The molecule has 1 heterocycles. The molecular weight excluding hydrogens is 396 g/mol. The van der Waals surface area contributed by atoms with Crippen molar-refractivity contribution in [2.45, 2.75) is 52.4 Å². The van der Waals surface area contributed by atoms with Gasteiger partial charge in [-0.05, 0) is 57.8 Å². The minimum Gasteiger partial charge on any atom is -0.445 e. The maximum Gasteiger partial charge on any atom is 0.492 e. The standard InChI is InChI=1S/C24H29BFNO4/c1-17-11-12-21(26)19(13-17)14-20(25-30-23(2,3)24(4,5)31-25)15-27-22(28)29-16-18-9-7-6-8-10-18/h6-14H,15-16H2,1-5H3,(H,27,28). The Hall–Kier alpha value is -2.64. The highest BCUT2D eigenvalue weighted by Crippen LogP contribution is 2.38. The predicted molar refractivity (Wildman–Crippen MR) is 120 cm³/mol. The fourth-order valence-corrected chi connectivity index (χ4v) is 3.12. The Bertz CT molecular complexity index is 943. The minimum absolute atomic E-state index is 0.0951. The third-order valence-electron chi connectivity index (χ3n) is 5.70. The molecule has 0 unspecified atom stereocenters. The van der Waals surface area contributed by atoms with E-state index < -0.39 is 24.4 Å². The summed E-state index contributed by atoms with van der Waals surface area (Å²) in [5.74, 6) is -0.355. The molecular formula is C24H29BFNO4. The average molecular weight is 425 g/mol. The molecule has 164 valence electrons. The van der Waals surface area contributed by atoms with Gasteiger partial charge in [0.2, 0.25) is 0 Å². The molecule has 0 aromatic heterocycles. The number of ether oxygens (including phenoxy) is 1. The van der Waals surface area contributed by atoms with E-state index in [1.54, 1.807) is 18.2 Å². The first-order chi connectivity index (χ1) is 14.6. The predicted octanol–water partition coefficient (Wildman–Crippen LogP) is 5.08. The zero-order valence-electron chi connectivity index (χ0n) is 18.7. The number of benzene rings is 2. The van der Waals surface area contributed by atoms with Gasteiger partial charge < -0.3 is 19.4 Å². The second-order valence-electron chi connectivity index (χ2n) is 8.75. The van der Waals surface area contributed by atoms with E-state index in [0.29, 0.717) is 11.0 Å². The Labute approximate surface area is 183 Å². The summed E-state index contributed by atoms with van der Waals surface area (Å²) in [6.07, 6.45) is 1.10. The second-order valence-corrected chi connectivity index (χ2v) is 8.75. The van der Waals surface area contributed by atoms with E-state index in [1.165, 1.54) is 6.07 Å². The number of rotatable bonds is 6. The van der Waals surface area contributed by atoms with E-state index in [0.717, 1.165) is 11.1 Å². The number of carbonyl (C=O) groups excluding carboxylic acids is 1. The number of aryl methyl sites for hydroxylation is 1. The third-order valence-corrected chi connectivity index (χ3v) is 5.70. The molecule has 0 aliphatic carbocycles. The molecule has 2 aromatic rings. The molecule has 1 saturated heterocycles. The van der Waals surface area contributed by atoms with Crippen molar-refractivity contribution < 1.29 is 23.2 Å². The number of carbonyl (C=O) groups is 1. The molecule has 31 heavy (non-hydrogen) atoms. The number of nitrogens with one attached hydrogen (secondary N) is 1. The average Bonchev–Trinajstić information content (AvgIpc) is 2.94. The van der Waals surface area contributed by atoms with Crippen LogP contribution in [0, 0.1) is 12.7 Å². The summed E-state index contributed by atoms with van der Waals surface area (Å²) in [4.78, 5) is 12.2. The Morgan fingerprint density at radius 1 is 1.10 bits per heavy atom. The van der Waals surface area contributed by atoms with Crippen LogP contribution in [0.4, 0.5) is 9.18 Å². The summed E-state index contributed by atoms with van der Waals surface area (Å²) in [5.41, 5.74) is 1.70. The summed E-state index contributed by atoms with van der Waals surface area (Å²) in [6, 6.07) is 14.3. The number of halogens is 1. The third kappa shape index (κ3) is 5.74. The summed E-state index contributed by atoms with van der Waals surface area (Å²) in [7, 11) is -0.723. The van der Waals surface area contributed by atoms with Gasteiger partial charge in [0.15, 0.2) is 0 Å². The molecule has 1 aliphatic heterocycles. The van der Waals surface area contributed by atoms with Crippen LogP contribution < -0.4 is 5.32 Å². The quantitative estimate of drug-likeness (QED) is 0.657. The maximum absolute atomic E-state index is 14.4. The first-order valence-electron chi connectivity index (χ1n) is 10.3. The lowest BCUT2D eigenvalue weighted by Gasteiger charge is -2.32. The van der Waals surface area contributed by atoms with Gasteiger partial charge in [0.1, 0.15) is 12.4 Å². The largest absolute Gasteiger partial charge is 0.492 e. The topological polar surface area (TPSA) is 56.8 Å². The van der Waals surface area contributed by atoms with Gasteiger partial charge in [-0.2, -0.15) is 0 Å². The lowest BCUT2D eigenvalue weighted by atomic mass is 9.77. The van der Waals surface area contributed by atoms with Crippen molar-refractivity contribution in [2.24, 2.45) is 0 Å². The minimum atomic E-state index is -0.723. The van der Waals surface area contributed by atoms with Crippen molar-refractivity contribution in [2.75, 3.05) is 6.54 Å². The van der Waals surface area contributed by atoms with Gasteiger partial charge in [-0.15, -0.1) is 0 Å². The van der Waals surface area contributed by atoms with E-state index in [1.807, 2.05) is 65.0 Å². The van der Waals surface area contributed by atoms with Gasteiger partial charge in [-0.1, -0.05) is 48.0 Å². The highest BCUT2D eigenvalue weighted by molar-refractivity contribution is 6.56. The van der Waals surface area contributed by atoms with Crippen molar-refractivity contribution in [3.05, 3.63) is 76.5 Å². The Morgan fingerprint density at radius 3 is 2.39 bits per heavy atom. The summed E-state index contributed by atoms with van der Waals surface area (Å²) in [5, 5.41) is 2.73. The molecule has 0 bridgehead atoms. The van der Waals surface area contributed by atoms with E-state index in [9.17, 15) is 9.18 Å². The highest BCUT2D eigenvalue weighted by atomic mass is 19.1.